The van der Waals surface area contributed by atoms with Crippen molar-refractivity contribution in [3.8, 4) is 0 Å². The molecule has 0 heterocycles. The van der Waals surface area contributed by atoms with Crippen molar-refractivity contribution in [2.45, 2.75) is 24.0 Å². The Hall–Kier alpha value is -2.57. The highest BCUT2D eigenvalue weighted by atomic mass is 79.9. The summed E-state index contributed by atoms with van der Waals surface area (Å²) in [5.41, 5.74) is 2.62. The summed E-state index contributed by atoms with van der Waals surface area (Å²) in [6, 6.07) is 22.5. The third kappa shape index (κ3) is 5.71. The second kappa shape index (κ2) is 9.76. The lowest BCUT2D eigenvalue weighted by atomic mass is 10.1. The van der Waals surface area contributed by atoms with Crippen LogP contribution in [0.25, 0.3) is 0 Å². The molecule has 2 amide bonds. The van der Waals surface area contributed by atoms with Crippen LogP contribution < -0.4 is 10.6 Å². The van der Waals surface area contributed by atoms with Gasteiger partial charge in [-0.3, -0.25) is 9.59 Å². The van der Waals surface area contributed by atoms with Gasteiger partial charge in [-0.25, -0.2) is 0 Å². The first-order valence-electron chi connectivity index (χ1n) is 9.13. The molecule has 0 aromatic heterocycles. The van der Waals surface area contributed by atoms with E-state index in [1.807, 2.05) is 74.5 Å². The van der Waals surface area contributed by atoms with E-state index >= 15 is 0 Å². The monoisotopic (exact) mass is 468 g/mol. The van der Waals surface area contributed by atoms with Crippen molar-refractivity contribution in [3.05, 3.63) is 88.4 Å². The van der Waals surface area contributed by atoms with Crippen LogP contribution in [0.2, 0.25) is 0 Å². The van der Waals surface area contributed by atoms with Crippen molar-refractivity contribution in [2.75, 3.05) is 10.6 Å². The maximum absolute atomic E-state index is 12.7. The van der Waals surface area contributed by atoms with Gasteiger partial charge in [0.15, 0.2) is 0 Å². The molecule has 1 unspecified atom stereocenters. The average Bonchev–Trinajstić information content (AvgIpc) is 2.72. The molecule has 0 aliphatic rings. The van der Waals surface area contributed by atoms with Crippen LogP contribution in [0.3, 0.4) is 0 Å². The van der Waals surface area contributed by atoms with Crippen LogP contribution in [0.1, 0.15) is 22.8 Å². The lowest BCUT2D eigenvalue weighted by Gasteiger charge is -2.15. The van der Waals surface area contributed by atoms with Gasteiger partial charge in [0.25, 0.3) is 5.91 Å². The molecular formula is C23H21BrN2O2S. The zero-order valence-electron chi connectivity index (χ0n) is 16.1. The Labute approximate surface area is 183 Å². The summed E-state index contributed by atoms with van der Waals surface area (Å²) in [7, 11) is 0. The van der Waals surface area contributed by atoms with E-state index in [1.54, 1.807) is 12.1 Å². The normalized spacial score (nSPS) is 11.6. The molecule has 3 rings (SSSR count). The number of carbonyl (C=O) groups excluding carboxylic acids is 2. The molecule has 2 N–H and O–H groups in total. The summed E-state index contributed by atoms with van der Waals surface area (Å²) < 4.78 is 1.00. The van der Waals surface area contributed by atoms with Gasteiger partial charge >= 0.3 is 0 Å². The molecule has 0 radical (unpaired) electrons. The second-order valence-corrected chi connectivity index (χ2v) is 8.83. The topological polar surface area (TPSA) is 58.2 Å². The van der Waals surface area contributed by atoms with Crippen molar-refractivity contribution in [3.63, 3.8) is 0 Å². The van der Waals surface area contributed by atoms with Gasteiger partial charge in [0.1, 0.15) is 0 Å². The van der Waals surface area contributed by atoms with E-state index in [2.05, 4.69) is 26.6 Å². The molecule has 6 heteroatoms. The average molecular weight is 469 g/mol. The van der Waals surface area contributed by atoms with Gasteiger partial charge < -0.3 is 10.6 Å². The van der Waals surface area contributed by atoms with Crippen molar-refractivity contribution in [2.24, 2.45) is 0 Å². The smallest absolute Gasteiger partial charge is 0.256 e. The Balaban J connectivity index is 1.69. The molecule has 1 atom stereocenters. The molecule has 0 saturated carbocycles. The number of halogens is 1. The summed E-state index contributed by atoms with van der Waals surface area (Å²) >= 11 is 4.90. The number of benzene rings is 3. The molecule has 148 valence electrons. The highest BCUT2D eigenvalue weighted by Gasteiger charge is 2.18. The van der Waals surface area contributed by atoms with E-state index in [0.29, 0.717) is 11.3 Å². The van der Waals surface area contributed by atoms with Gasteiger partial charge in [-0.2, -0.15) is 0 Å². The summed E-state index contributed by atoms with van der Waals surface area (Å²) in [5, 5.41) is 5.55. The Bertz CT molecular complexity index is 1010. The molecule has 29 heavy (non-hydrogen) atoms. The van der Waals surface area contributed by atoms with Crippen LogP contribution in [0.15, 0.2) is 82.2 Å². The van der Waals surface area contributed by atoms with Crippen molar-refractivity contribution in [1.29, 1.82) is 0 Å². The first-order chi connectivity index (χ1) is 13.9. The number of nitrogens with one attached hydrogen (secondary N) is 2. The summed E-state index contributed by atoms with van der Waals surface area (Å²) in [4.78, 5) is 26.3. The molecule has 3 aromatic carbocycles. The fourth-order valence-electron chi connectivity index (χ4n) is 2.74. The predicted molar refractivity (Wildman–Crippen MR) is 124 cm³/mol. The Morgan fingerprint density at radius 1 is 0.897 bits per heavy atom. The van der Waals surface area contributed by atoms with Crippen LogP contribution >= 0.6 is 27.7 Å². The molecule has 0 aliphatic heterocycles. The minimum absolute atomic E-state index is 0.110. The lowest BCUT2D eigenvalue weighted by molar-refractivity contribution is -0.115. The molecule has 4 nitrogen and oxygen atoms in total. The number of hydrogen-bond acceptors (Lipinski definition) is 3. The second-order valence-electron chi connectivity index (χ2n) is 6.50. The third-order valence-electron chi connectivity index (χ3n) is 4.36. The Morgan fingerprint density at radius 3 is 2.28 bits per heavy atom. The molecule has 0 fully saturated rings. The summed E-state index contributed by atoms with van der Waals surface area (Å²) in [5.74, 6) is -0.316. The standard InChI is InChI=1S/C23H21BrN2O2S/c1-15-20(23(28)25-18-7-4-3-5-8-18)9-6-10-21(15)26-22(27)16(2)29-19-13-11-17(24)12-14-19/h3-14,16H,1-2H3,(H,25,28)(H,26,27). The van der Waals surface area contributed by atoms with Gasteiger partial charge in [-0.05, 0) is 67.9 Å². The highest BCUT2D eigenvalue weighted by molar-refractivity contribution is 9.10. The zero-order chi connectivity index (χ0) is 20.8. The Morgan fingerprint density at radius 2 is 1.59 bits per heavy atom. The number of carbonyl (C=O) groups is 2. The van der Waals surface area contributed by atoms with E-state index in [-0.39, 0.29) is 17.1 Å². The van der Waals surface area contributed by atoms with E-state index in [0.717, 1.165) is 20.6 Å². The van der Waals surface area contributed by atoms with Crippen molar-refractivity contribution < 1.29 is 9.59 Å². The van der Waals surface area contributed by atoms with Gasteiger partial charge in [0.2, 0.25) is 5.91 Å². The quantitative estimate of drug-likeness (QED) is 0.427. The fourth-order valence-corrected chi connectivity index (χ4v) is 3.87. The van der Waals surface area contributed by atoms with Crippen LogP contribution in [0.4, 0.5) is 11.4 Å². The van der Waals surface area contributed by atoms with E-state index in [1.165, 1.54) is 11.8 Å². The van der Waals surface area contributed by atoms with Crippen molar-refractivity contribution in [1.82, 2.24) is 0 Å². The van der Waals surface area contributed by atoms with Crippen LogP contribution in [0.5, 0.6) is 0 Å². The van der Waals surface area contributed by atoms with Crippen molar-refractivity contribution >= 4 is 50.9 Å². The maximum Gasteiger partial charge on any atom is 0.256 e. The minimum Gasteiger partial charge on any atom is -0.325 e. The van der Waals surface area contributed by atoms with E-state index < -0.39 is 0 Å². The maximum atomic E-state index is 12.7. The van der Waals surface area contributed by atoms with Gasteiger partial charge in [-0.15, -0.1) is 11.8 Å². The largest absolute Gasteiger partial charge is 0.325 e. The summed E-state index contributed by atoms with van der Waals surface area (Å²) in [6.45, 7) is 3.70. The predicted octanol–water partition coefficient (Wildman–Crippen LogP) is 6.13. The number of thioether (sulfide) groups is 1. The van der Waals surface area contributed by atoms with Crippen LogP contribution in [0, 0.1) is 6.92 Å². The summed E-state index contributed by atoms with van der Waals surface area (Å²) in [6.07, 6.45) is 0. The first-order valence-corrected chi connectivity index (χ1v) is 10.8. The minimum atomic E-state index is -0.280. The van der Waals surface area contributed by atoms with Gasteiger partial charge in [-0.1, -0.05) is 40.2 Å². The first kappa shape index (κ1) is 21.1. The lowest BCUT2D eigenvalue weighted by Crippen LogP contribution is -2.23. The fraction of sp³-hybridized carbons (Fsp3) is 0.130. The van der Waals surface area contributed by atoms with Crippen LogP contribution in [-0.4, -0.2) is 17.1 Å². The van der Waals surface area contributed by atoms with Gasteiger partial charge in [0, 0.05) is 26.3 Å². The third-order valence-corrected chi connectivity index (χ3v) is 6.00. The van der Waals surface area contributed by atoms with E-state index in [4.69, 9.17) is 0 Å². The molecule has 0 spiro atoms. The highest BCUT2D eigenvalue weighted by Crippen LogP contribution is 2.27. The molecule has 3 aromatic rings. The number of hydrogen-bond donors (Lipinski definition) is 2. The molecule has 0 saturated heterocycles. The number of para-hydroxylation sites is 1. The van der Waals surface area contributed by atoms with E-state index in [9.17, 15) is 9.59 Å². The Kier molecular flexibility index (Phi) is 7.12. The van der Waals surface area contributed by atoms with Crippen LogP contribution in [-0.2, 0) is 4.79 Å². The number of rotatable bonds is 6. The van der Waals surface area contributed by atoms with Gasteiger partial charge in [0.05, 0.1) is 5.25 Å². The zero-order valence-corrected chi connectivity index (χ0v) is 18.5. The molecular weight excluding hydrogens is 448 g/mol. The number of anilines is 2. The molecule has 0 aliphatic carbocycles. The molecule has 0 bridgehead atoms. The SMILES string of the molecule is Cc1c(NC(=O)C(C)Sc2ccc(Br)cc2)cccc1C(=O)Nc1ccccc1. The number of amides is 2.